The Morgan fingerprint density at radius 2 is 1.95 bits per heavy atom. The van der Waals surface area contributed by atoms with Gasteiger partial charge in [0.2, 0.25) is 15.9 Å². The summed E-state index contributed by atoms with van der Waals surface area (Å²) in [7, 11) is -3.46. The molecule has 0 bridgehead atoms. The molecular formula is C15H21ClN2O3S. The summed E-state index contributed by atoms with van der Waals surface area (Å²) in [6, 6.07) is 5.11. The van der Waals surface area contributed by atoms with Crippen LogP contribution in [0.3, 0.4) is 0 Å². The molecule has 1 aromatic rings. The minimum absolute atomic E-state index is 0.00404. The quantitative estimate of drug-likeness (QED) is 0.824. The standard InChI is InChI=1S/C15H21ClN2O3S/c1-12-5-6-13(11-14(12)16)18(22(2,20)21)10-7-15(19)17-8-3-4-9-17/h5-6,11H,3-4,7-10H2,1-2H3. The summed E-state index contributed by atoms with van der Waals surface area (Å²) in [5, 5.41) is 0.511. The number of anilines is 1. The molecule has 22 heavy (non-hydrogen) atoms. The molecule has 0 radical (unpaired) electrons. The number of aryl methyl sites for hydroxylation is 1. The van der Waals surface area contributed by atoms with Gasteiger partial charge in [0.15, 0.2) is 0 Å². The maximum absolute atomic E-state index is 12.1. The summed E-state index contributed by atoms with van der Waals surface area (Å²) in [6.45, 7) is 3.53. The van der Waals surface area contributed by atoms with Gasteiger partial charge < -0.3 is 4.90 Å². The number of rotatable bonds is 5. The first-order valence-electron chi connectivity index (χ1n) is 7.30. The second kappa shape index (κ2) is 6.87. The highest BCUT2D eigenvalue weighted by Crippen LogP contribution is 2.25. The van der Waals surface area contributed by atoms with E-state index in [9.17, 15) is 13.2 Å². The molecule has 1 fully saturated rings. The van der Waals surface area contributed by atoms with Crippen LogP contribution in [0.25, 0.3) is 0 Å². The Hall–Kier alpha value is -1.27. The monoisotopic (exact) mass is 344 g/mol. The zero-order chi connectivity index (χ0) is 16.3. The third-order valence-electron chi connectivity index (χ3n) is 3.83. The molecule has 1 heterocycles. The van der Waals surface area contributed by atoms with Gasteiger partial charge in [-0.25, -0.2) is 8.42 Å². The van der Waals surface area contributed by atoms with Gasteiger partial charge in [0.25, 0.3) is 0 Å². The van der Waals surface area contributed by atoms with Crippen molar-refractivity contribution in [2.75, 3.05) is 30.2 Å². The Labute approximate surface area is 136 Å². The van der Waals surface area contributed by atoms with Gasteiger partial charge >= 0.3 is 0 Å². The molecule has 2 rings (SSSR count). The van der Waals surface area contributed by atoms with Crippen molar-refractivity contribution < 1.29 is 13.2 Å². The lowest BCUT2D eigenvalue weighted by Gasteiger charge is -2.24. The Bertz CT molecular complexity index is 655. The highest BCUT2D eigenvalue weighted by atomic mass is 35.5. The minimum Gasteiger partial charge on any atom is -0.343 e. The van der Waals surface area contributed by atoms with Gasteiger partial charge in [-0.2, -0.15) is 0 Å². The van der Waals surface area contributed by atoms with Crippen molar-refractivity contribution in [1.29, 1.82) is 0 Å². The Morgan fingerprint density at radius 1 is 1.32 bits per heavy atom. The molecule has 0 saturated carbocycles. The largest absolute Gasteiger partial charge is 0.343 e. The third kappa shape index (κ3) is 4.14. The number of hydrogen-bond donors (Lipinski definition) is 0. The van der Waals surface area contributed by atoms with Crippen LogP contribution in [-0.2, 0) is 14.8 Å². The molecule has 0 aliphatic carbocycles. The van der Waals surface area contributed by atoms with Gasteiger partial charge in [-0.1, -0.05) is 17.7 Å². The Morgan fingerprint density at radius 3 is 2.50 bits per heavy atom. The molecule has 1 aliphatic rings. The van der Waals surface area contributed by atoms with Gasteiger partial charge in [-0.05, 0) is 37.5 Å². The molecule has 1 aliphatic heterocycles. The Kier molecular flexibility index (Phi) is 5.34. The highest BCUT2D eigenvalue weighted by molar-refractivity contribution is 7.92. The number of likely N-dealkylation sites (tertiary alicyclic amines) is 1. The molecule has 7 heteroatoms. The SMILES string of the molecule is Cc1ccc(N(CCC(=O)N2CCCC2)S(C)(=O)=O)cc1Cl. The lowest BCUT2D eigenvalue weighted by molar-refractivity contribution is -0.129. The summed E-state index contributed by atoms with van der Waals surface area (Å²) >= 11 is 6.08. The summed E-state index contributed by atoms with van der Waals surface area (Å²) in [6.07, 6.45) is 3.36. The highest BCUT2D eigenvalue weighted by Gasteiger charge is 2.22. The van der Waals surface area contributed by atoms with Crippen LogP contribution in [0.15, 0.2) is 18.2 Å². The topological polar surface area (TPSA) is 57.7 Å². The number of halogens is 1. The first kappa shape index (κ1) is 17.1. The molecule has 5 nitrogen and oxygen atoms in total. The van der Waals surface area contributed by atoms with Crippen LogP contribution in [0.4, 0.5) is 5.69 Å². The van der Waals surface area contributed by atoms with E-state index in [1.165, 1.54) is 4.31 Å². The van der Waals surface area contributed by atoms with Gasteiger partial charge in [0.05, 0.1) is 11.9 Å². The van der Waals surface area contributed by atoms with E-state index in [0.717, 1.165) is 37.8 Å². The third-order valence-corrected chi connectivity index (χ3v) is 5.43. The lowest BCUT2D eigenvalue weighted by Crippen LogP contribution is -2.35. The maximum atomic E-state index is 12.1. The second-order valence-corrected chi connectivity index (χ2v) is 7.92. The summed E-state index contributed by atoms with van der Waals surface area (Å²) in [5.74, 6) is 0.00404. The molecule has 1 amide bonds. The van der Waals surface area contributed by atoms with Crippen molar-refractivity contribution >= 4 is 33.2 Å². The summed E-state index contributed by atoms with van der Waals surface area (Å²) < 4.78 is 25.3. The fraction of sp³-hybridized carbons (Fsp3) is 0.533. The molecule has 0 aromatic heterocycles. The molecule has 122 valence electrons. The molecule has 1 aromatic carbocycles. The minimum atomic E-state index is -3.46. The van der Waals surface area contributed by atoms with E-state index < -0.39 is 10.0 Å². The predicted molar refractivity (Wildman–Crippen MR) is 88.8 cm³/mol. The normalized spacial score (nSPS) is 15.1. The van der Waals surface area contributed by atoms with Crippen molar-refractivity contribution in [3.8, 4) is 0 Å². The van der Waals surface area contributed by atoms with Crippen LogP contribution in [-0.4, -0.2) is 45.1 Å². The van der Waals surface area contributed by atoms with Crippen LogP contribution < -0.4 is 4.31 Å². The number of amides is 1. The van der Waals surface area contributed by atoms with E-state index in [2.05, 4.69) is 0 Å². The average Bonchev–Trinajstić information content (AvgIpc) is 2.95. The summed E-state index contributed by atoms with van der Waals surface area (Å²) in [4.78, 5) is 13.9. The second-order valence-electron chi connectivity index (χ2n) is 5.61. The van der Waals surface area contributed by atoms with Crippen LogP contribution in [0.5, 0.6) is 0 Å². The van der Waals surface area contributed by atoms with Crippen LogP contribution in [0.2, 0.25) is 5.02 Å². The summed E-state index contributed by atoms with van der Waals surface area (Å²) in [5.41, 5.74) is 1.37. The van der Waals surface area contributed by atoms with Crippen molar-refractivity contribution in [2.45, 2.75) is 26.2 Å². The molecular weight excluding hydrogens is 324 g/mol. The van der Waals surface area contributed by atoms with E-state index in [1.807, 2.05) is 6.92 Å². The molecule has 1 saturated heterocycles. The van der Waals surface area contributed by atoms with Crippen LogP contribution >= 0.6 is 11.6 Å². The van der Waals surface area contributed by atoms with E-state index in [1.54, 1.807) is 23.1 Å². The first-order valence-corrected chi connectivity index (χ1v) is 9.53. The van der Waals surface area contributed by atoms with Crippen molar-refractivity contribution in [2.24, 2.45) is 0 Å². The van der Waals surface area contributed by atoms with Gasteiger partial charge in [0, 0.05) is 31.1 Å². The van der Waals surface area contributed by atoms with Gasteiger partial charge in [-0.3, -0.25) is 9.10 Å². The van der Waals surface area contributed by atoms with E-state index >= 15 is 0 Å². The van der Waals surface area contributed by atoms with Crippen LogP contribution in [0.1, 0.15) is 24.8 Å². The average molecular weight is 345 g/mol. The van der Waals surface area contributed by atoms with E-state index in [-0.39, 0.29) is 18.9 Å². The van der Waals surface area contributed by atoms with Gasteiger partial charge in [-0.15, -0.1) is 0 Å². The number of carbonyl (C=O) groups excluding carboxylic acids is 1. The molecule has 0 unspecified atom stereocenters. The van der Waals surface area contributed by atoms with E-state index in [4.69, 9.17) is 11.6 Å². The number of nitrogens with zero attached hydrogens (tertiary/aromatic N) is 2. The maximum Gasteiger partial charge on any atom is 0.232 e. The number of hydrogen-bond acceptors (Lipinski definition) is 3. The fourth-order valence-corrected chi connectivity index (χ4v) is 3.64. The first-order chi connectivity index (χ1) is 10.3. The fourth-order valence-electron chi connectivity index (χ4n) is 2.55. The van der Waals surface area contributed by atoms with Crippen molar-refractivity contribution in [1.82, 2.24) is 4.90 Å². The zero-order valence-electron chi connectivity index (χ0n) is 12.9. The predicted octanol–water partition coefficient (Wildman–Crippen LogP) is 2.43. The lowest BCUT2D eigenvalue weighted by atomic mass is 10.2. The van der Waals surface area contributed by atoms with E-state index in [0.29, 0.717) is 10.7 Å². The number of sulfonamides is 1. The molecule has 0 atom stereocenters. The molecule has 0 spiro atoms. The zero-order valence-corrected chi connectivity index (χ0v) is 14.5. The van der Waals surface area contributed by atoms with Crippen LogP contribution in [0, 0.1) is 6.92 Å². The smallest absolute Gasteiger partial charge is 0.232 e. The molecule has 0 N–H and O–H groups in total. The number of carbonyl (C=O) groups is 1. The Balaban J connectivity index is 2.13. The number of benzene rings is 1. The van der Waals surface area contributed by atoms with Crippen molar-refractivity contribution in [3.05, 3.63) is 28.8 Å². The van der Waals surface area contributed by atoms with Gasteiger partial charge in [0.1, 0.15) is 0 Å². The van der Waals surface area contributed by atoms with Crippen molar-refractivity contribution in [3.63, 3.8) is 0 Å².